The Morgan fingerprint density at radius 1 is 1.50 bits per heavy atom. The van der Waals surface area contributed by atoms with Crippen LogP contribution in [0.25, 0.3) is 0 Å². The lowest BCUT2D eigenvalue weighted by Gasteiger charge is -2.31. The summed E-state index contributed by atoms with van der Waals surface area (Å²) >= 11 is 0. The normalized spacial score (nSPS) is 18.9. The molecule has 2 rings (SSSR count). The number of hydrogen-bond acceptors (Lipinski definition) is 4. The van der Waals surface area contributed by atoms with Gasteiger partial charge in [0.1, 0.15) is 12.3 Å². The van der Waals surface area contributed by atoms with Crippen LogP contribution in [0, 0.1) is 0 Å². The van der Waals surface area contributed by atoms with Crippen molar-refractivity contribution in [1.29, 1.82) is 0 Å². The van der Waals surface area contributed by atoms with Gasteiger partial charge in [0.2, 0.25) is 5.88 Å². The molecule has 1 unspecified atom stereocenters. The van der Waals surface area contributed by atoms with E-state index in [9.17, 15) is 13.2 Å². The first-order valence-electron chi connectivity index (χ1n) is 7.20. The zero-order chi connectivity index (χ0) is 16.9. The Labute approximate surface area is 155 Å². The molecule has 136 valence electrons. The Morgan fingerprint density at radius 2 is 2.25 bits per heavy atom. The van der Waals surface area contributed by atoms with Crippen molar-refractivity contribution in [3.05, 3.63) is 23.9 Å². The molecule has 1 saturated heterocycles. The number of aliphatic imine (C=N–C) groups is 1. The molecule has 1 aromatic rings. The van der Waals surface area contributed by atoms with E-state index in [-0.39, 0.29) is 49.1 Å². The fraction of sp³-hybridized carbons (Fsp3) is 0.571. The number of halogens is 4. The highest BCUT2D eigenvalue weighted by Gasteiger charge is 2.32. The first kappa shape index (κ1) is 20.7. The summed E-state index contributed by atoms with van der Waals surface area (Å²) in [6.07, 6.45) is -4.40. The SMILES string of the molecule is CC1CN(C(N)=NCCOc2cccc(C(F)(F)F)n2)CCO1.I. The molecule has 0 aliphatic carbocycles. The van der Waals surface area contributed by atoms with Crippen LogP contribution < -0.4 is 10.5 Å². The first-order chi connectivity index (χ1) is 10.9. The number of pyridine rings is 1. The Kier molecular flexibility index (Phi) is 8.00. The van der Waals surface area contributed by atoms with E-state index in [4.69, 9.17) is 15.2 Å². The highest BCUT2D eigenvalue weighted by Crippen LogP contribution is 2.28. The summed E-state index contributed by atoms with van der Waals surface area (Å²) in [5.41, 5.74) is 4.89. The minimum atomic E-state index is -4.49. The molecule has 1 aliphatic rings. The molecule has 1 aromatic heterocycles. The van der Waals surface area contributed by atoms with Crippen molar-refractivity contribution in [2.75, 3.05) is 32.8 Å². The molecule has 0 radical (unpaired) electrons. The molecule has 0 bridgehead atoms. The molecule has 10 heteroatoms. The number of nitrogens with zero attached hydrogens (tertiary/aromatic N) is 3. The minimum absolute atomic E-state index is 0. The topological polar surface area (TPSA) is 73.0 Å². The number of guanidine groups is 1. The van der Waals surface area contributed by atoms with E-state index in [1.807, 2.05) is 11.8 Å². The van der Waals surface area contributed by atoms with Crippen LogP contribution in [-0.4, -0.2) is 54.8 Å². The van der Waals surface area contributed by atoms with Gasteiger partial charge < -0.3 is 20.1 Å². The minimum Gasteiger partial charge on any atom is -0.476 e. The van der Waals surface area contributed by atoms with Gasteiger partial charge in [-0.3, -0.25) is 0 Å². The summed E-state index contributed by atoms with van der Waals surface area (Å²) in [4.78, 5) is 9.46. The van der Waals surface area contributed by atoms with Gasteiger partial charge in [-0.2, -0.15) is 13.2 Å². The maximum Gasteiger partial charge on any atom is 0.433 e. The van der Waals surface area contributed by atoms with Gasteiger partial charge in [0, 0.05) is 19.2 Å². The van der Waals surface area contributed by atoms with Gasteiger partial charge in [-0.1, -0.05) is 6.07 Å². The maximum absolute atomic E-state index is 12.5. The van der Waals surface area contributed by atoms with E-state index in [1.54, 1.807) is 0 Å². The predicted molar refractivity (Wildman–Crippen MR) is 93.6 cm³/mol. The first-order valence-corrected chi connectivity index (χ1v) is 7.20. The Bertz CT molecular complexity index is 557. The van der Waals surface area contributed by atoms with Crippen molar-refractivity contribution >= 4 is 29.9 Å². The van der Waals surface area contributed by atoms with E-state index >= 15 is 0 Å². The molecule has 1 aliphatic heterocycles. The summed E-state index contributed by atoms with van der Waals surface area (Å²) in [7, 11) is 0. The molecule has 1 fully saturated rings. The third-order valence-corrected chi connectivity index (χ3v) is 3.19. The van der Waals surface area contributed by atoms with Crippen LogP contribution in [0.3, 0.4) is 0 Å². The second kappa shape index (κ2) is 9.25. The maximum atomic E-state index is 12.5. The van der Waals surface area contributed by atoms with Crippen LogP contribution in [0.5, 0.6) is 5.88 Å². The van der Waals surface area contributed by atoms with Crippen molar-refractivity contribution in [1.82, 2.24) is 9.88 Å². The molecule has 2 heterocycles. The molecule has 0 aromatic carbocycles. The van der Waals surface area contributed by atoms with E-state index in [0.717, 1.165) is 6.07 Å². The summed E-state index contributed by atoms with van der Waals surface area (Å²) in [6.45, 7) is 4.18. The molecular weight excluding hydrogens is 440 g/mol. The van der Waals surface area contributed by atoms with Crippen molar-refractivity contribution < 1.29 is 22.6 Å². The quantitative estimate of drug-likeness (QED) is 0.323. The smallest absolute Gasteiger partial charge is 0.433 e. The van der Waals surface area contributed by atoms with E-state index in [1.165, 1.54) is 12.1 Å². The van der Waals surface area contributed by atoms with Gasteiger partial charge >= 0.3 is 6.18 Å². The zero-order valence-electron chi connectivity index (χ0n) is 13.1. The van der Waals surface area contributed by atoms with Crippen LogP contribution in [-0.2, 0) is 10.9 Å². The third-order valence-electron chi connectivity index (χ3n) is 3.19. The van der Waals surface area contributed by atoms with Crippen molar-refractivity contribution in [2.45, 2.75) is 19.2 Å². The number of nitrogens with two attached hydrogens (primary N) is 1. The standard InChI is InChI=1S/C14H19F3N4O2.HI/c1-10-9-21(6-8-22-10)13(18)19-5-7-23-12-4-2-3-11(20-12)14(15,16)17;/h2-4,10H,5-9H2,1H3,(H2,18,19);1H. The molecule has 0 amide bonds. The van der Waals surface area contributed by atoms with Gasteiger partial charge in [-0.25, -0.2) is 9.98 Å². The highest BCUT2D eigenvalue weighted by atomic mass is 127. The van der Waals surface area contributed by atoms with Gasteiger partial charge in [-0.15, -0.1) is 24.0 Å². The lowest BCUT2D eigenvalue weighted by atomic mass is 10.3. The Morgan fingerprint density at radius 3 is 2.92 bits per heavy atom. The van der Waals surface area contributed by atoms with Crippen LogP contribution in [0.2, 0.25) is 0 Å². The predicted octanol–water partition coefficient (Wildman–Crippen LogP) is 2.13. The van der Waals surface area contributed by atoms with Crippen molar-refractivity contribution in [3.8, 4) is 5.88 Å². The second-order valence-electron chi connectivity index (χ2n) is 5.07. The fourth-order valence-electron chi connectivity index (χ4n) is 2.09. The average Bonchev–Trinajstić information content (AvgIpc) is 2.51. The van der Waals surface area contributed by atoms with E-state index in [2.05, 4.69) is 9.98 Å². The molecular formula is C14H20F3IN4O2. The fourth-order valence-corrected chi connectivity index (χ4v) is 2.09. The number of morpholine rings is 1. The van der Waals surface area contributed by atoms with Gasteiger partial charge in [0.05, 0.1) is 19.3 Å². The number of alkyl halides is 3. The summed E-state index contributed by atoms with van der Waals surface area (Å²) in [5, 5.41) is 0. The summed E-state index contributed by atoms with van der Waals surface area (Å²) in [6, 6.07) is 3.51. The lowest BCUT2D eigenvalue weighted by Crippen LogP contribution is -2.48. The molecule has 24 heavy (non-hydrogen) atoms. The third kappa shape index (κ3) is 6.30. The Hall–Kier alpha value is -1.30. The zero-order valence-corrected chi connectivity index (χ0v) is 15.5. The van der Waals surface area contributed by atoms with Crippen molar-refractivity contribution in [2.24, 2.45) is 10.7 Å². The van der Waals surface area contributed by atoms with Crippen LogP contribution in [0.1, 0.15) is 12.6 Å². The molecule has 1 atom stereocenters. The highest BCUT2D eigenvalue weighted by molar-refractivity contribution is 14.0. The van der Waals surface area contributed by atoms with Gasteiger partial charge in [0.15, 0.2) is 5.96 Å². The molecule has 2 N–H and O–H groups in total. The average molecular weight is 460 g/mol. The molecule has 0 spiro atoms. The molecule has 0 saturated carbocycles. The molecule has 6 nitrogen and oxygen atoms in total. The number of aromatic nitrogens is 1. The summed E-state index contributed by atoms with van der Waals surface area (Å²) in [5.74, 6) is 0.286. The lowest BCUT2D eigenvalue weighted by molar-refractivity contribution is -0.141. The second-order valence-corrected chi connectivity index (χ2v) is 5.07. The Balaban J connectivity index is 0.00000288. The largest absolute Gasteiger partial charge is 0.476 e. The number of hydrogen-bond donors (Lipinski definition) is 1. The number of ether oxygens (including phenoxy) is 2. The monoisotopic (exact) mass is 460 g/mol. The van der Waals surface area contributed by atoms with Crippen LogP contribution in [0.15, 0.2) is 23.2 Å². The van der Waals surface area contributed by atoms with E-state index in [0.29, 0.717) is 25.7 Å². The van der Waals surface area contributed by atoms with E-state index < -0.39 is 11.9 Å². The van der Waals surface area contributed by atoms with Crippen molar-refractivity contribution in [3.63, 3.8) is 0 Å². The van der Waals surface area contributed by atoms with Gasteiger partial charge in [0.25, 0.3) is 0 Å². The summed E-state index contributed by atoms with van der Waals surface area (Å²) < 4.78 is 48.2. The number of rotatable bonds is 4. The van der Waals surface area contributed by atoms with Gasteiger partial charge in [-0.05, 0) is 13.0 Å². The van der Waals surface area contributed by atoms with Crippen LogP contribution >= 0.6 is 24.0 Å². The van der Waals surface area contributed by atoms with Crippen LogP contribution in [0.4, 0.5) is 13.2 Å².